The van der Waals surface area contributed by atoms with E-state index in [4.69, 9.17) is 0 Å². The monoisotopic (exact) mass is 233 g/mol. The van der Waals surface area contributed by atoms with Gasteiger partial charge >= 0.3 is 0 Å². The summed E-state index contributed by atoms with van der Waals surface area (Å²) in [5, 5.41) is 3.56. The molecule has 0 aliphatic rings. The Kier molecular flexibility index (Phi) is 6.76. The molecule has 1 aromatic carbocycles. The van der Waals surface area contributed by atoms with E-state index in [0.717, 1.165) is 0 Å². The van der Waals surface area contributed by atoms with E-state index in [1.165, 1.54) is 49.8 Å². The fraction of sp³-hybridized carbons (Fsp3) is 0.625. The molecule has 1 nitrogen and oxygen atoms in total. The Balaban J connectivity index is 2.16. The minimum Gasteiger partial charge on any atom is -0.383 e. The first-order valence-electron chi connectivity index (χ1n) is 7.05. The number of nitrogens with one attached hydrogen (secondary N) is 1. The number of unbranched alkanes of at least 4 members (excludes halogenated alkanes) is 4. The molecule has 0 spiro atoms. The molecule has 17 heavy (non-hydrogen) atoms. The second-order valence-corrected chi connectivity index (χ2v) is 5.11. The van der Waals surface area contributed by atoms with Gasteiger partial charge in [0.2, 0.25) is 0 Å². The van der Waals surface area contributed by atoms with Crippen molar-refractivity contribution in [3.05, 3.63) is 29.8 Å². The van der Waals surface area contributed by atoms with Crippen molar-refractivity contribution < 1.29 is 0 Å². The Hall–Kier alpha value is -0.980. The summed E-state index contributed by atoms with van der Waals surface area (Å²) in [6, 6.07) is 9.25. The van der Waals surface area contributed by atoms with E-state index >= 15 is 0 Å². The van der Waals surface area contributed by atoms with Crippen LogP contribution in [0.1, 0.15) is 57.9 Å². The predicted molar refractivity (Wildman–Crippen MR) is 77.6 cm³/mol. The zero-order chi connectivity index (χ0) is 12.5. The Morgan fingerprint density at radius 2 is 1.65 bits per heavy atom. The van der Waals surface area contributed by atoms with Crippen LogP contribution in [0.5, 0.6) is 0 Å². The first-order valence-corrected chi connectivity index (χ1v) is 7.05. The lowest BCUT2D eigenvalue weighted by molar-refractivity contribution is 0.578. The molecule has 1 aromatic rings. The van der Waals surface area contributed by atoms with Crippen molar-refractivity contribution in [1.29, 1.82) is 0 Å². The largest absolute Gasteiger partial charge is 0.383 e. The number of hydrogen-bond acceptors (Lipinski definition) is 1. The first kappa shape index (κ1) is 14.1. The average Bonchev–Trinajstić information content (AvgIpc) is 2.32. The third-order valence-corrected chi connectivity index (χ3v) is 3.21. The molecule has 0 bridgehead atoms. The minimum absolute atomic E-state index is 0.583. The fourth-order valence-corrected chi connectivity index (χ4v) is 2.06. The van der Waals surface area contributed by atoms with Gasteiger partial charge < -0.3 is 5.32 Å². The standard InChI is InChI=1S/C16H27N/c1-4-5-6-7-8-9-15(3)17-16-12-10-14(2)11-13-16/h10-13,15,17H,4-9H2,1-3H3. The second-order valence-electron chi connectivity index (χ2n) is 5.11. The highest BCUT2D eigenvalue weighted by Gasteiger charge is 2.01. The van der Waals surface area contributed by atoms with E-state index in [2.05, 4.69) is 50.4 Å². The number of rotatable bonds is 8. The van der Waals surface area contributed by atoms with Crippen LogP contribution in [0.3, 0.4) is 0 Å². The van der Waals surface area contributed by atoms with Gasteiger partial charge in [-0.2, -0.15) is 0 Å². The van der Waals surface area contributed by atoms with Crippen molar-refractivity contribution in [1.82, 2.24) is 0 Å². The maximum absolute atomic E-state index is 3.56. The van der Waals surface area contributed by atoms with E-state index in [1.807, 2.05) is 0 Å². The molecule has 0 saturated carbocycles. The van der Waals surface area contributed by atoms with Crippen LogP contribution in [0, 0.1) is 6.92 Å². The smallest absolute Gasteiger partial charge is 0.0342 e. The SMILES string of the molecule is CCCCCCCC(C)Nc1ccc(C)cc1. The highest BCUT2D eigenvalue weighted by molar-refractivity contribution is 5.44. The van der Waals surface area contributed by atoms with Crippen molar-refractivity contribution in [3.8, 4) is 0 Å². The lowest BCUT2D eigenvalue weighted by atomic mass is 10.1. The van der Waals surface area contributed by atoms with Crippen LogP contribution >= 0.6 is 0 Å². The molecule has 0 amide bonds. The Bertz CT molecular complexity index is 289. The van der Waals surface area contributed by atoms with Gasteiger partial charge in [0.05, 0.1) is 0 Å². The molecule has 96 valence electrons. The third-order valence-electron chi connectivity index (χ3n) is 3.21. The van der Waals surface area contributed by atoms with Crippen LogP contribution in [0.2, 0.25) is 0 Å². The van der Waals surface area contributed by atoms with Gasteiger partial charge in [-0.25, -0.2) is 0 Å². The summed E-state index contributed by atoms with van der Waals surface area (Å²) in [6.07, 6.45) is 8.12. The number of aryl methyl sites for hydroxylation is 1. The topological polar surface area (TPSA) is 12.0 Å². The van der Waals surface area contributed by atoms with Gasteiger partial charge in [-0.15, -0.1) is 0 Å². The molecular formula is C16H27N. The molecule has 0 radical (unpaired) electrons. The van der Waals surface area contributed by atoms with Crippen LogP contribution in [-0.2, 0) is 0 Å². The molecule has 1 N–H and O–H groups in total. The zero-order valence-corrected chi connectivity index (χ0v) is 11.6. The van der Waals surface area contributed by atoms with Gasteiger partial charge in [0.15, 0.2) is 0 Å². The molecule has 1 heteroatoms. The van der Waals surface area contributed by atoms with Gasteiger partial charge in [0, 0.05) is 11.7 Å². The van der Waals surface area contributed by atoms with E-state index in [9.17, 15) is 0 Å². The zero-order valence-electron chi connectivity index (χ0n) is 11.6. The molecule has 0 fully saturated rings. The fourth-order valence-electron chi connectivity index (χ4n) is 2.06. The molecule has 0 aromatic heterocycles. The minimum atomic E-state index is 0.583. The van der Waals surface area contributed by atoms with E-state index < -0.39 is 0 Å². The summed E-state index contributed by atoms with van der Waals surface area (Å²) >= 11 is 0. The maximum Gasteiger partial charge on any atom is 0.0342 e. The third kappa shape index (κ3) is 6.35. The van der Waals surface area contributed by atoms with Gasteiger partial charge in [-0.3, -0.25) is 0 Å². The van der Waals surface area contributed by atoms with E-state index in [0.29, 0.717) is 6.04 Å². The summed E-state index contributed by atoms with van der Waals surface area (Å²) in [5.74, 6) is 0. The second kappa shape index (κ2) is 8.16. The van der Waals surface area contributed by atoms with Crippen LogP contribution in [0.4, 0.5) is 5.69 Å². The maximum atomic E-state index is 3.56. The van der Waals surface area contributed by atoms with E-state index in [-0.39, 0.29) is 0 Å². The highest BCUT2D eigenvalue weighted by Crippen LogP contribution is 2.13. The van der Waals surface area contributed by atoms with Crippen molar-refractivity contribution in [2.24, 2.45) is 0 Å². The Labute approximate surface area is 107 Å². The van der Waals surface area contributed by atoms with E-state index in [1.54, 1.807) is 0 Å². The van der Waals surface area contributed by atoms with Crippen molar-refractivity contribution >= 4 is 5.69 Å². The Morgan fingerprint density at radius 1 is 1.00 bits per heavy atom. The predicted octanol–water partition coefficient (Wildman–Crippen LogP) is 5.16. The summed E-state index contributed by atoms with van der Waals surface area (Å²) < 4.78 is 0. The highest BCUT2D eigenvalue weighted by atomic mass is 14.9. The van der Waals surface area contributed by atoms with Crippen molar-refractivity contribution in [2.45, 2.75) is 65.3 Å². The lowest BCUT2D eigenvalue weighted by Crippen LogP contribution is -2.14. The van der Waals surface area contributed by atoms with Crippen molar-refractivity contribution in [3.63, 3.8) is 0 Å². The molecule has 0 saturated heterocycles. The normalized spacial score (nSPS) is 12.4. The van der Waals surface area contributed by atoms with Gasteiger partial charge in [0.25, 0.3) is 0 Å². The molecule has 0 heterocycles. The molecule has 0 aliphatic heterocycles. The van der Waals surface area contributed by atoms with Crippen LogP contribution < -0.4 is 5.32 Å². The van der Waals surface area contributed by atoms with Crippen LogP contribution in [0.15, 0.2) is 24.3 Å². The van der Waals surface area contributed by atoms with Crippen LogP contribution in [-0.4, -0.2) is 6.04 Å². The van der Waals surface area contributed by atoms with Gasteiger partial charge in [0.1, 0.15) is 0 Å². The first-order chi connectivity index (χ1) is 8.22. The summed E-state index contributed by atoms with van der Waals surface area (Å²) in [4.78, 5) is 0. The molecular weight excluding hydrogens is 206 g/mol. The molecule has 1 atom stereocenters. The number of anilines is 1. The summed E-state index contributed by atoms with van der Waals surface area (Å²) in [7, 11) is 0. The lowest BCUT2D eigenvalue weighted by Gasteiger charge is -2.15. The quantitative estimate of drug-likeness (QED) is 0.612. The summed E-state index contributed by atoms with van der Waals surface area (Å²) in [5.41, 5.74) is 2.57. The number of hydrogen-bond donors (Lipinski definition) is 1. The van der Waals surface area contributed by atoms with Gasteiger partial charge in [-0.05, 0) is 32.4 Å². The number of benzene rings is 1. The molecule has 1 unspecified atom stereocenters. The Morgan fingerprint density at radius 3 is 2.29 bits per heavy atom. The average molecular weight is 233 g/mol. The van der Waals surface area contributed by atoms with Crippen LogP contribution in [0.25, 0.3) is 0 Å². The van der Waals surface area contributed by atoms with Crippen molar-refractivity contribution in [2.75, 3.05) is 5.32 Å². The summed E-state index contributed by atoms with van der Waals surface area (Å²) in [6.45, 7) is 6.67. The molecule has 1 rings (SSSR count). The molecule has 0 aliphatic carbocycles. The van der Waals surface area contributed by atoms with Gasteiger partial charge in [-0.1, -0.05) is 56.7 Å².